The van der Waals surface area contributed by atoms with Crippen molar-refractivity contribution in [3.05, 3.63) is 78.1 Å². The largest absolute Gasteiger partial charge is 0.496 e. The van der Waals surface area contributed by atoms with Crippen LogP contribution in [0.15, 0.2) is 67.0 Å². The molecule has 0 spiro atoms. The highest BCUT2D eigenvalue weighted by atomic mass is 16.5. The van der Waals surface area contributed by atoms with E-state index in [2.05, 4.69) is 20.6 Å². The van der Waals surface area contributed by atoms with Crippen LogP contribution in [-0.2, 0) is 27.5 Å². The molecule has 1 aliphatic rings. The maximum absolute atomic E-state index is 12.9. The fraction of sp³-hybridized carbons (Fsp3) is 0.333. The van der Waals surface area contributed by atoms with Crippen LogP contribution in [0.3, 0.4) is 0 Å². The summed E-state index contributed by atoms with van der Waals surface area (Å²) < 4.78 is 16.6. The fourth-order valence-corrected chi connectivity index (χ4v) is 3.94. The van der Waals surface area contributed by atoms with Gasteiger partial charge in [0.1, 0.15) is 11.8 Å². The second-order valence-electron chi connectivity index (χ2n) is 8.40. The van der Waals surface area contributed by atoms with Crippen LogP contribution in [0.25, 0.3) is 0 Å². The number of hydrogen-bond donors (Lipinski definition) is 2. The molecule has 0 unspecified atom stereocenters. The number of benzene rings is 2. The van der Waals surface area contributed by atoms with Gasteiger partial charge in [0, 0.05) is 25.1 Å². The van der Waals surface area contributed by atoms with Crippen molar-refractivity contribution in [2.24, 2.45) is 0 Å². The molecule has 1 aromatic heterocycles. The summed E-state index contributed by atoms with van der Waals surface area (Å²) in [4.78, 5) is 35.4. The normalized spacial score (nSPS) is 15.3. The summed E-state index contributed by atoms with van der Waals surface area (Å²) in [5, 5.41) is 5.90. The maximum Gasteiger partial charge on any atom is 0.316 e. The molecular formula is C27H31N5O5. The van der Waals surface area contributed by atoms with Crippen LogP contribution in [0.5, 0.6) is 11.8 Å². The molecule has 2 aromatic carbocycles. The van der Waals surface area contributed by atoms with E-state index in [9.17, 15) is 9.59 Å². The van der Waals surface area contributed by atoms with E-state index in [-0.39, 0.29) is 24.4 Å². The summed E-state index contributed by atoms with van der Waals surface area (Å²) >= 11 is 0. The number of aromatic nitrogens is 2. The first-order valence-electron chi connectivity index (χ1n) is 12.1. The molecule has 4 rings (SSSR count). The van der Waals surface area contributed by atoms with E-state index in [1.807, 2.05) is 54.6 Å². The zero-order chi connectivity index (χ0) is 25.9. The van der Waals surface area contributed by atoms with Gasteiger partial charge >= 0.3 is 6.01 Å². The highest BCUT2D eigenvalue weighted by Crippen LogP contribution is 2.20. The fourth-order valence-electron chi connectivity index (χ4n) is 3.94. The first kappa shape index (κ1) is 26.1. The Bertz CT molecular complexity index is 1160. The number of carbonyl (C=O) groups excluding carboxylic acids is 2. The average Bonchev–Trinajstić information content (AvgIpc) is 2.94. The van der Waals surface area contributed by atoms with Gasteiger partial charge in [0.2, 0.25) is 11.8 Å². The van der Waals surface area contributed by atoms with Gasteiger partial charge in [0.05, 0.1) is 51.6 Å². The summed E-state index contributed by atoms with van der Waals surface area (Å²) in [5.41, 5.74) is 2.41. The van der Waals surface area contributed by atoms with Crippen molar-refractivity contribution in [2.75, 3.05) is 38.3 Å². The van der Waals surface area contributed by atoms with Crippen LogP contribution in [0, 0.1) is 0 Å². The standard InChI is InChI=1S/C27H31N5O5/c1-35-24-11-6-5-10-21(24)19-36-12-7-13-37-27-30-15-22(16-31-27)32-23(17-28-18-25(32)33)26(34)29-14-20-8-3-2-4-9-20/h2-6,8-11,15-16,23,28H,7,12-14,17-19H2,1H3,(H,29,34)/t23-/m1/s1. The van der Waals surface area contributed by atoms with Crippen LogP contribution in [0.1, 0.15) is 17.5 Å². The lowest BCUT2D eigenvalue weighted by molar-refractivity contribution is -0.127. The Kier molecular flexibility index (Phi) is 9.39. The molecule has 0 aliphatic carbocycles. The van der Waals surface area contributed by atoms with E-state index in [1.54, 1.807) is 7.11 Å². The minimum Gasteiger partial charge on any atom is -0.496 e. The van der Waals surface area contributed by atoms with E-state index >= 15 is 0 Å². The molecule has 2 N–H and O–H groups in total. The minimum absolute atomic E-state index is 0.134. The number of carbonyl (C=O) groups is 2. The SMILES string of the molecule is COc1ccccc1COCCCOc1ncc(N2C(=O)CNC[C@@H]2C(=O)NCc2ccccc2)cn1. The van der Waals surface area contributed by atoms with Crippen LogP contribution < -0.4 is 25.0 Å². The Morgan fingerprint density at radius 1 is 1.08 bits per heavy atom. The van der Waals surface area contributed by atoms with E-state index in [1.165, 1.54) is 17.3 Å². The summed E-state index contributed by atoms with van der Waals surface area (Å²) in [6.45, 7) is 2.18. The number of rotatable bonds is 12. The second kappa shape index (κ2) is 13.3. The number of hydrogen-bond acceptors (Lipinski definition) is 8. The first-order chi connectivity index (χ1) is 18.2. The predicted molar refractivity (Wildman–Crippen MR) is 137 cm³/mol. The van der Waals surface area contributed by atoms with Gasteiger partial charge in [-0.3, -0.25) is 14.5 Å². The number of piperazine rings is 1. The molecule has 2 heterocycles. The molecule has 0 radical (unpaired) electrons. The maximum atomic E-state index is 12.9. The van der Waals surface area contributed by atoms with Crippen LogP contribution >= 0.6 is 0 Å². The first-order valence-corrected chi connectivity index (χ1v) is 12.1. The van der Waals surface area contributed by atoms with Gasteiger partial charge < -0.3 is 24.8 Å². The van der Waals surface area contributed by atoms with Crippen molar-refractivity contribution < 1.29 is 23.8 Å². The van der Waals surface area contributed by atoms with Crippen molar-refractivity contribution in [1.29, 1.82) is 0 Å². The summed E-state index contributed by atoms with van der Waals surface area (Å²) in [7, 11) is 1.64. The van der Waals surface area contributed by atoms with E-state index in [0.717, 1.165) is 16.9 Å². The van der Waals surface area contributed by atoms with Gasteiger partial charge in [-0.25, -0.2) is 9.97 Å². The molecule has 10 heteroatoms. The molecule has 2 amide bonds. The van der Waals surface area contributed by atoms with Crippen LogP contribution in [0.2, 0.25) is 0 Å². The van der Waals surface area contributed by atoms with Gasteiger partial charge in [-0.15, -0.1) is 0 Å². The Labute approximate surface area is 216 Å². The van der Waals surface area contributed by atoms with E-state index < -0.39 is 6.04 Å². The predicted octanol–water partition coefficient (Wildman–Crippen LogP) is 2.09. The Hall–Kier alpha value is -4.02. The average molecular weight is 506 g/mol. The smallest absolute Gasteiger partial charge is 0.316 e. The van der Waals surface area contributed by atoms with Gasteiger partial charge in [0.15, 0.2) is 0 Å². The van der Waals surface area contributed by atoms with Gasteiger partial charge in [-0.1, -0.05) is 48.5 Å². The molecule has 37 heavy (non-hydrogen) atoms. The van der Waals surface area contributed by atoms with Gasteiger partial charge in [0.25, 0.3) is 0 Å². The molecule has 0 bridgehead atoms. The summed E-state index contributed by atoms with van der Waals surface area (Å²) in [6.07, 6.45) is 3.66. The number of nitrogens with zero attached hydrogens (tertiary/aromatic N) is 3. The molecule has 1 saturated heterocycles. The zero-order valence-corrected chi connectivity index (χ0v) is 20.8. The minimum atomic E-state index is -0.708. The number of para-hydroxylation sites is 1. The molecule has 1 aliphatic heterocycles. The molecule has 0 saturated carbocycles. The summed E-state index contributed by atoms with van der Waals surface area (Å²) in [5.74, 6) is 0.319. The van der Waals surface area contributed by atoms with Gasteiger partial charge in [-0.2, -0.15) is 0 Å². The second-order valence-corrected chi connectivity index (χ2v) is 8.40. The number of nitrogens with one attached hydrogen (secondary N) is 2. The van der Waals surface area contributed by atoms with E-state index in [4.69, 9.17) is 14.2 Å². The monoisotopic (exact) mass is 505 g/mol. The quantitative estimate of drug-likeness (QED) is 0.360. The molecule has 10 nitrogen and oxygen atoms in total. The van der Waals surface area contributed by atoms with Crippen LogP contribution in [-0.4, -0.2) is 61.2 Å². The number of ether oxygens (including phenoxy) is 3. The topological polar surface area (TPSA) is 115 Å². The number of amides is 2. The lowest BCUT2D eigenvalue weighted by Crippen LogP contribution is -2.60. The molecule has 1 atom stereocenters. The van der Waals surface area contributed by atoms with E-state index in [0.29, 0.717) is 45.0 Å². The highest BCUT2D eigenvalue weighted by Gasteiger charge is 2.34. The highest BCUT2D eigenvalue weighted by molar-refractivity contribution is 6.02. The van der Waals surface area contributed by atoms with Crippen molar-refractivity contribution in [3.8, 4) is 11.8 Å². The molecule has 194 valence electrons. The zero-order valence-electron chi connectivity index (χ0n) is 20.8. The van der Waals surface area contributed by atoms with Crippen LogP contribution in [0.4, 0.5) is 5.69 Å². The lowest BCUT2D eigenvalue weighted by atomic mass is 10.1. The van der Waals surface area contributed by atoms with Gasteiger partial charge in [-0.05, 0) is 11.6 Å². The molecule has 3 aromatic rings. The van der Waals surface area contributed by atoms with Crippen molar-refractivity contribution in [1.82, 2.24) is 20.6 Å². The lowest BCUT2D eigenvalue weighted by Gasteiger charge is -2.34. The Morgan fingerprint density at radius 2 is 1.84 bits per heavy atom. The Morgan fingerprint density at radius 3 is 2.62 bits per heavy atom. The third-order valence-electron chi connectivity index (χ3n) is 5.81. The van der Waals surface area contributed by atoms with Crippen molar-refractivity contribution in [3.63, 3.8) is 0 Å². The number of anilines is 1. The third-order valence-corrected chi connectivity index (χ3v) is 5.81. The third kappa shape index (κ3) is 7.25. The van der Waals surface area contributed by atoms with Crippen molar-refractivity contribution >= 4 is 17.5 Å². The molecule has 1 fully saturated rings. The number of methoxy groups -OCH3 is 1. The summed E-state index contributed by atoms with van der Waals surface area (Å²) in [6, 6.07) is 16.8. The molecular weight excluding hydrogens is 474 g/mol. The van der Waals surface area contributed by atoms with Crippen molar-refractivity contribution in [2.45, 2.75) is 25.6 Å². The Balaban J connectivity index is 1.25.